The summed E-state index contributed by atoms with van der Waals surface area (Å²) in [6, 6.07) is 11.2. The molecule has 4 atom stereocenters. The Kier molecular flexibility index (Phi) is 2.73. The van der Waals surface area contributed by atoms with Gasteiger partial charge in [0.1, 0.15) is 0 Å². The van der Waals surface area contributed by atoms with Crippen LogP contribution < -0.4 is 5.32 Å². The average molecular weight is 255 g/mol. The van der Waals surface area contributed by atoms with E-state index in [9.17, 15) is 0 Å². The molecule has 1 N–H and O–H groups in total. The van der Waals surface area contributed by atoms with Gasteiger partial charge in [-0.15, -0.1) is 0 Å². The van der Waals surface area contributed by atoms with E-state index in [0.29, 0.717) is 5.41 Å². The molecule has 0 radical (unpaired) electrons. The Morgan fingerprint density at radius 1 is 1.11 bits per heavy atom. The van der Waals surface area contributed by atoms with Gasteiger partial charge in [0.25, 0.3) is 0 Å². The lowest BCUT2D eigenvalue weighted by molar-refractivity contribution is 0.206. The van der Waals surface area contributed by atoms with Crippen LogP contribution in [0.2, 0.25) is 0 Å². The largest absolute Gasteiger partial charge is 0.316 e. The minimum atomic E-state index is 0.643. The van der Waals surface area contributed by atoms with E-state index in [1.54, 1.807) is 5.56 Å². The van der Waals surface area contributed by atoms with Crippen molar-refractivity contribution in [1.82, 2.24) is 5.32 Å². The second kappa shape index (κ2) is 4.34. The van der Waals surface area contributed by atoms with E-state index in [-0.39, 0.29) is 0 Å². The van der Waals surface area contributed by atoms with Crippen molar-refractivity contribution in [2.75, 3.05) is 13.1 Å². The molecule has 0 bridgehead atoms. The Bertz CT molecular complexity index is 442. The van der Waals surface area contributed by atoms with Gasteiger partial charge in [-0.25, -0.2) is 0 Å². The van der Waals surface area contributed by atoms with Crippen LogP contribution in [-0.2, 0) is 0 Å². The zero-order valence-electron chi connectivity index (χ0n) is 11.9. The van der Waals surface area contributed by atoms with Crippen molar-refractivity contribution in [2.45, 2.75) is 38.5 Å². The SMILES string of the molecule is CCNCC1(C2CC2c2ccccc2)CC2CC2C1. The second-order valence-corrected chi connectivity index (χ2v) is 7.17. The van der Waals surface area contributed by atoms with Crippen LogP contribution in [0.4, 0.5) is 0 Å². The number of hydrogen-bond acceptors (Lipinski definition) is 1. The van der Waals surface area contributed by atoms with Crippen LogP contribution in [0.5, 0.6) is 0 Å². The third-order valence-corrected chi connectivity index (χ3v) is 5.94. The lowest BCUT2D eigenvalue weighted by Crippen LogP contribution is -2.35. The summed E-state index contributed by atoms with van der Waals surface area (Å²) in [4.78, 5) is 0. The molecule has 3 saturated carbocycles. The first kappa shape index (κ1) is 12.0. The van der Waals surface area contributed by atoms with E-state index in [2.05, 4.69) is 42.6 Å². The van der Waals surface area contributed by atoms with E-state index in [4.69, 9.17) is 0 Å². The van der Waals surface area contributed by atoms with E-state index < -0.39 is 0 Å². The first-order valence-electron chi connectivity index (χ1n) is 8.08. The van der Waals surface area contributed by atoms with Gasteiger partial charge in [0, 0.05) is 6.54 Å². The molecule has 0 spiro atoms. The maximum atomic E-state index is 3.67. The minimum Gasteiger partial charge on any atom is -0.316 e. The molecule has 0 aliphatic heterocycles. The maximum absolute atomic E-state index is 3.67. The Labute approximate surface area is 116 Å². The lowest BCUT2D eigenvalue weighted by atomic mass is 9.76. The molecule has 4 rings (SSSR count). The van der Waals surface area contributed by atoms with Gasteiger partial charge in [-0.05, 0) is 66.9 Å². The van der Waals surface area contributed by atoms with Crippen LogP contribution >= 0.6 is 0 Å². The summed E-state index contributed by atoms with van der Waals surface area (Å²) in [6.07, 6.45) is 6.00. The van der Waals surface area contributed by atoms with Crippen LogP contribution in [0.3, 0.4) is 0 Å². The van der Waals surface area contributed by atoms with Crippen molar-refractivity contribution >= 4 is 0 Å². The molecule has 1 aromatic rings. The fourth-order valence-electron chi connectivity index (χ4n) is 4.83. The smallest absolute Gasteiger partial charge is 0.00108 e. The maximum Gasteiger partial charge on any atom is 0.00108 e. The molecule has 4 unspecified atom stereocenters. The summed E-state index contributed by atoms with van der Waals surface area (Å²) in [6.45, 7) is 4.63. The van der Waals surface area contributed by atoms with Crippen molar-refractivity contribution in [3.63, 3.8) is 0 Å². The summed E-state index contributed by atoms with van der Waals surface area (Å²) < 4.78 is 0. The van der Waals surface area contributed by atoms with Gasteiger partial charge < -0.3 is 5.32 Å². The average Bonchev–Trinajstić information content (AvgIpc) is 3.36. The molecule has 0 heterocycles. The topological polar surface area (TPSA) is 12.0 Å². The molecular formula is C18H25N. The van der Waals surface area contributed by atoms with Gasteiger partial charge in [-0.1, -0.05) is 37.3 Å². The zero-order valence-corrected chi connectivity index (χ0v) is 11.9. The predicted octanol–water partition coefficient (Wildman–Crippen LogP) is 3.82. The quantitative estimate of drug-likeness (QED) is 0.843. The molecule has 3 aliphatic carbocycles. The molecule has 3 aliphatic rings. The fraction of sp³-hybridized carbons (Fsp3) is 0.667. The second-order valence-electron chi connectivity index (χ2n) is 7.17. The molecule has 0 saturated heterocycles. The molecule has 19 heavy (non-hydrogen) atoms. The Balaban J connectivity index is 1.50. The van der Waals surface area contributed by atoms with Crippen molar-refractivity contribution in [3.05, 3.63) is 35.9 Å². The first-order chi connectivity index (χ1) is 9.32. The van der Waals surface area contributed by atoms with Crippen LogP contribution in [0.15, 0.2) is 30.3 Å². The third kappa shape index (κ3) is 2.03. The summed E-state index contributed by atoms with van der Waals surface area (Å²) in [5.74, 6) is 4.01. The molecule has 0 amide bonds. The molecule has 3 fully saturated rings. The highest BCUT2D eigenvalue weighted by atomic mass is 14.9. The van der Waals surface area contributed by atoms with Gasteiger partial charge >= 0.3 is 0 Å². The normalized spacial score (nSPS) is 43.0. The highest BCUT2D eigenvalue weighted by Crippen LogP contribution is 2.69. The zero-order chi connectivity index (χ0) is 12.9. The monoisotopic (exact) mass is 255 g/mol. The van der Waals surface area contributed by atoms with Crippen molar-refractivity contribution in [3.8, 4) is 0 Å². The van der Waals surface area contributed by atoms with Gasteiger partial charge in [-0.3, -0.25) is 0 Å². The molecule has 1 nitrogen and oxygen atoms in total. The van der Waals surface area contributed by atoms with Gasteiger partial charge in [0.05, 0.1) is 0 Å². The predicted molar refractivity (Wildman–Crippen MR) is 79.1 cm³/mol. The molecule has 1 aromatic carbocycles. The summed E-state index contributed by atoms with van der Waals surface area (Å²) in [5, 5.41) is 3.67. The van der Waals surface area contributed by atoms with Crippen LogP contribution in [-0.4, -0.2) is 13.1 Å². The van der Waals surface area contributed by atoms with E-state index in [1.165, 1.54) is 32.2 Å². The molecule has 1 heteroatoms. The van der Waals surface area contributed by atoms with Crippen molar-refractivity contribution in [2.24, 2.45) is 23.2 Å². The summed E-state index contributed by atoms with van der Waals surface area (Å²) in [5.41, 5.74) is 2.23. The number of benzene rings is 1. The van der Waals surface area contributed by atoms with E-state index >= 15 is 0 Å². The van der Waals surface area contributed by atoms with E-state index in [0.717, 1.165) is 30.2 Å². The van der Waals surface area contributed by atoms with Crippen LogP contribution in [0, 0.1) is 23.2 Å². The standard InChI is InChI=1S/C18H25N/c1-2-19-12-18(10-14-8-15(14)11-18)17-9-16(17)13-6-4-3-5-7-13/h3-7,14-17,19H,2,8-12H2,1H3. The number of rotatable bonds is 5. The molecule has 0 aromatic heterocycles. The van der Waals surface area contributed by atoms with Crippen LogP contribution in [0.25, 0.3) is 0 Å². The van der Waals surface area contributed by atoms with E-state index in [1.807, 2.05) is 0 Å². The lowest BCUT2D eigenvalue weighted by Gasteiger charge is -2.32. The van der Waals surface area contributed by atoms with Crippen molar-refractivity contribution < 1.29 is 0 Å². The van der Waals surface area contributed by atoms with Crippen LogP contribution in [0.1, 0.15) is 44.1 Å². The first-order valence-corrected chi connectivity index (χ1v) is 8.08. The van der Waals surface area contributed by atoms with Gasteiger partial charge in [0.2, 0.25) is 0 Å². The summed E-state index contributed by atoms with van der Waals surface area (Å²) >= 11 is 0. The van der Waals surface area contributed by atoms with Gasteiger partial charge in [0.15, 0.2) is 0 Å². The minimum absolute atomic E-state index is 0.643. The van der Waals surface area contributed by atoms with Crippen molar-refractivity contribution in [1.29, 1.82) is 0 Å². The molecule has 102 valence electrons. The Morgan fingerprint density at radius 2 is 1.84 bits per heavy atom. The highest BCUT2D eigenvalue weighted by molar-refractivity contribution is 5.28. The third-order valence-electron chi connectivity index (χ3n) is 5.94. The highest BCUT2D eigenvalue weighted by Gasteiger charge is 2.61. The number of fused-ring (bicyclic) bond motifs is 1. The Hall–Kier alpha value is -0.820. The Morgan fingerprint density at radius 3 is 2.53 bits per heavy atom. The fourth-order valence-corrected chi connectivity index (χ4v) is 4.83. The molecular weight excluding hydrogens is 230 g/mol. The van der Waals surface area contributed by atoms with Gasteiger partial charge in [-0.2, -0.15) is 0 Å². The summed E-state index contributed by atoms with van der Waals surface area (Å²) in [7, 11) is 0. The number of hydrogen-bond donors (Lipinski definition) is 1. The number of nitrogens with one attached hydrogen (secondary N) is 1.